The van der Waals surface area contributed by atoms with Crippen LogP contribution in [0, 0.1) is 0 Å². The molecule has 0 aliphatic rings. The molecule has 2 aromatic carbocycles. The molecule has 3 N–H and O–H groups in total. The average molecular weight is 298 g/mol. The van der Waals surface area contributed by atoms with Crippen LogP contribution in [0.3, 0.4) is 0 Å². The van der Waals surface area contributed by atoms with Crippen molar-refractivity contribution in [3.63, 3.8) is 0 Å². The lowest BCUT2D eigenvalue weighted by Gasteiger charge is -2.19. The Hall–Kier alpha value is -2.82. The van der Waals surface area contributed by atoms with Crippen LogP contribution in [0.2, 0.25) is 0 Å². The number of amides is 1. The van der Waals surface area contributed by atoms with E-state index in [1.165, 1.54) is 6.07 Å². The Kier molecular flexibility index (Phi) is 4.78. The first-order valence-corrected chi connectivity index (χ1v) is 6.87. The van der Waals surface area contributed by atoms with Gasteiger partial charge in [-0.2, -0.15) is 0 Å². The van der Waals surface area contributed by atoms with E-state index in [9.17, 15) is 9.59 Å². The molecule has 0 aliphatic carbocycles. The Morgan fingerprint density at radius 2 is 1.82 bits per heavy atom. The van der Waals surface area contributed by atoms with E-state index in [2.05, 4.69) is 0 Å². The minimum Gasteiger partial charge on any atom is -0.481 e. The number of nitrogens with zero attached hydrogens (tertiary/aromatic N) is 1. The third-order valence-corrected chi connectivity index (χ3v) is 3.31. The Bertz CT molecular complexity index is 684. The first-order valence-electron chi connectivity index (χ1n) is 6.87. The molecule has 0 atom stereocenters. The van der Waals surface area contributed by atoms with Crippen molar-refractivity contribution >= 4 is 17.6 Å². The van der Waals surface area contributed by atoms with Gasteiger partial charge < -0.3 is 15.7 Å². The summed E-state index contributed by atoms with van der Waals surface area (Å²) in [5.41, 5.74) is 7.93. The number of carboxylic acids is 1. The van der Waals surface area contributed by atoms with Crippen LogP contribution in [0.1, 0.15) is 21.5 Å². The fraction of sp³-hybridized carbons (Fsp3) is 0.176. The van der Waals surface area contributed by atoms with Crippen LogP contribution in [-0.2, 0) is 17.8 Å². The van der Waals surface area contributed by atoms with Gasteiger partial charge in [-0.05, 0) is 29.3 Å². The molecule has 0 bridgehead atoms. The predicted octanol–water partition coefficient (Wildman–Crippen LogP) is 2.17. The fourth-order valence-corrected chi connectivity index (χ4v) is 2.27. The molecule has 0 aliphatic heterocycles. The van der Waals surface area contributed by atoms with Gasteiger partial charge in [0.2, 0.25) is 0 Å². The molecule has 2 aromatic rings. The number of nitrogens with two attached hydrogens (primary N) is 1. The van der Waals surface area contributed by atoms with E-state index >= 15 is 0 Å². The van der Waals surface area contributed by atoms with Crippen LogP contribution in [-0.4, -0.2) is 28.9 Å². The topological polar surface area (TPSA) is 83.6 Å². The molecular formula is C17H18N2O3. The Balaban J connectivity index is 2.23. The molecule has 0 unspecified atom stereocenters. The van der Waals surface area contributed by atoms with Gasteiger partial charge in [-0.1, -0.05) is 30.3 Å². The van der Waals surface area contributed by atoms with E-state index in [4.69, 9.17) is 10.8 Å². The van der Waals surface area contributed by atoms with Crippen molar-refractivity contribution < 1.29 is 14.7 Å². The lowest BCUT2D eigenvalue weighted by atomic mass is 10.0. The number of aliphatic carboxylic acids is 1. The van der Waals surface area contributed by atoms with Crippen LogP contribution in [0.25, 0.3) is 0 Å². The monoisotopic (exact) mass is 298 g/mol. The molecule has 0 saturated carbocycles. The SMILES string of the molecule is CN(Cc1ccccc1)C(=O)c1ccc(N)cc1CC(=O)O. The lowest BCUT2D eigenvalue weighted by molar-refractivity contribution is -0.136. The number of hydrogen-bond acceptors (Lipinski definition) is 3. The Morgan fingerprint density at radius 1 is 1.14 bits per heavy atom. The highest BCUT2D eigenvalue weighted by Crippen LogP contribution is 2.17. The smallest absolute Gasteiger partial charge is 0.307 e. The largest absolute Gasteiger partial charge is 0.481 e. The van der Waals surface area contributed by atoms with Crippen molar-refractivity contribution in [2.45, 2.75) is 13.0 Å². The minimum absolute atomic E-state index is 0.222. The summed E-state index contributed by atoms with van der Waals surface area (Å²) in [5, 5.41) is 8.97. The summed E-state index contributed by atoms with van der Waals surface area (Å²) in [5.74, 6) is -1.22. The molecule has 0 aromatic heterocycles. The summed E-state index contributed by atoms with van der Waals surface area (Å²) >= 11 is 0. The number of carboxylic acid groups (broad SMARTS) is 1. The molecule has 5 heteroatoms. The van der Waals surface area contributed by atoms with E-state index in [-0.39, 0.29) is 12.3 Å². The van der Waals surface area contributed by atoms with Crippen molar-refractivity contribution in [1.29, 1.82) is 0 Å². The number of carbonyl (C=O) groups is 2. The maximum atomic E-state index is 12.6. The zero-order valence-electron chi connectivity index (χ0n) is 12.3. The van der Waals surface area contributed by atoms with Gasteiger partial charge in [-0.3, -0.25) is 9.59 Å². The van der Waals surface area contributed by atoms with Crippen LogP contribution in [0.4, 0.5) is 5.69 Å². The maximum absolute atomic E-state index is 12.6. The molecule has 0 saturated heterocycles. The zero-order chi connectivity index (χ0) is 16.1. The second-order valence-electron chi connectivity index (χ2n) is 5.13. The summed E-state index contributed by atoms with van der Waals surface area (Å²) < 4.78 is 0. The zero-order valence-corrected chi connectivity index (χ0v) is 12.3. The highest BCUT2D eigenvalue weighted by molar-refractivity contribution is 5.97. The van der Waals surface area contributed by atoms with E-state index in [1.807, 2.05) is 30.3 Å². The highest BCUT2D eigenvalue weighted by Gasteiger charge is 2.17. The number of hydrogen-bond donors (Lipinski definition) is 2. The molecule has 0 heterocycles. The van der Waals surface area contributed by atoms with Crippen molar-refractivity contribution in [3.8, 4) is 0 Å². The molecular weight excluding hydrogens is 280 g/mol. The summed E-state index contributed by atoms with van der Waals surface area (Å²) in [6.07, 6.45) is -0.231. The summed E-state index contributed by atoms with van der Waals surface area (Å²) in [7, 11) is 1.69. The molecule has 1 amide bonds. The van der Waals surface area contributed by atoms with E-state index in [0.29, 0.717) is 23.4 Å². The molecule has 0 radical (unpaired) electrons. The van der Waals surface area contributed by atoms with Gasteiger partial charge in [0.15, 0.2) is 0 Å². The van der Waals surface area contributed by atoms with Gasteiger partial charge in [0.25, 0.3) is 5.91 Å². The van der Waals surface area contributed by atoms with Crippen LogP contribution < -0.4 is 5.73 Å². The molecule has 0 fully saturated rings. The number of rotatable bonds is 5. The highest BCUT2D eigenvalue weighted by atomic mass is 16.4. The van der Waals surface area contributed by atoms with Crippen molar-refractivity contribution in [1.82, 2.24) is 4.90 Å². The number of anilines is 1. The number of carbonyl (C=O) groups excluding carboxylic acids is 1. The second kappa shape index (κ2) is 6.76. The van der Waals surface area contributed by atoms with E-state index < -0.39 is 5.97 Å². The third kappa shape index (κ3) is 3.85. The molecule has 114 valence electrons. The first kappa shape index (κ1) is 15.6. The van der Waals surface area contributed by atoms with Gasteiger partial charge in [-0.15, -0.1) is 0 Å². The van der Waals surface area contributed by atoms with Gasteiger partial charge in [0.05, 0.1) is 6.42 Å². The van der Waals surface area contributed by atoms with Gasteiger partial charge in [0.1, 0.15) is 0 Å². The predicted molar refractivity (Wildman–Crippen MR) is 84.4 cm³/mol. The summed E-state index contributed by atoms with van der Waals surface area (Å²) in [6, 6.07) is 14.3. The van der Waals surface area contributed by atoms with E-state index in [0.717, 1.165) is 5.56 Å². The number of benzene rings is 2. The summed E-state index contributed by atoms with van der Waals surface area (Å²) in [6.45, 7) is 0.455. The normalized spacial score (nSPS) is 10.2. The lowest BCUT2D eigenvalue weighted by Crippen LogP contribution is -2.27. The van der Waals surface area contributed by atoms with Crippen molar-refractivity contribution in [2.24, 2.45) is 0 Å². The average Bonchev–Trinajstić information content (AvgIpc) is 2.47. The number of nitrogen functional groups attached to an aromatic ring is 1. The van der Waals surface area contributed by atoms with Crippen LogP contribution in [0.5, 0.6) is 0 Å². The van der Waals surface area contributed by atoms with Gasteiger partial charge in [-0.25, -0.2) is 0 Å². The van der Waals surface area contributed by atoms with E-state index in [1.54, 1.807) is 24.1 Å². The maximum Gasteiger partial charge on any atom is 0.307 e. The second-order valence-corrected chi connectivity index (χ2v) is 5.13. The van der Waals surface area contributed by atoms with Gasteiger partial charge >= 0.3 is 5.97 Å². The fourth-order valence-electron chi connectivity index (χ4n) is 2.27. The quantitative estimate of drug-likeness (QED) is 0.829. The third-order valence-electron chi connectivity index (χ3n) is 3.31. The molecule has 22 heavy (non-hydrogen) atoms. The first-order chi connectivity index (χ1) is 10.5. The molecule has 0 spiro atoms. The van der Waals surface area contributed by atoms with Crippen molar-refractivity contribution in [2.75, 3.05) is 12.8 Å². The minimum atomic E-state index is -0.995. The molecule has 2 rings (SSSR count). The Morgan fingerprint density at radius 3 is 2.45 bits per heavy atom. The van der Waals surface area contributed by atoms with Crippen LogP contribution in [0.15, 0.2) is 48.5 Å². The van der Waals surface area contributed by atoms with Gasteiger partial charge in [0, 0.05) is 24.8 Å². The van der Waals surface area contributed by atoms with Crippen molar-refractivity contribution in [3.05, 3.63) is 65.2 Å². The molecule has 5 nitrogen and oxygen atoms in total. The van der Waals surface area contributed by atoms with Crippen LogP contribution >= 0.6 is 0 Å². The summed E-state index contributed by atoms with van der Waals surface area (Å²) in [4.78, 5) is 25.1. The Labute approximate surface area is 129 Å². The standard InChI is InChI=1S/C17H18N2O3/c1-19(11-12-5-3-2-4-6-12)17(22)15-8-7-14(18)9-13(15)10-16(20)21/h2-9H,10-11,18H2,1H3,(H,20,21).